The number of nitrogens with zero attached hydrogens (tertiary/aromatic N) is 1. The minimum absolute atomic E-state index is 0.0712. The first-order chi connectivity index (χ1) is 9.97. The van der Waals surface area contributed by atoms with Crippen LogP contribution in [-0.2, 0) is 0 Å². The van der Waals surface area contributed by atoms with Gasteiger partial charge in [0.2, 0.25) is 0 Å². The number of carbonyl (C=O) groups is 1. The van der Waals surface area contributed by atoms with Crippen LogP contribution in [-0.4, -0.2) is 10.8 Å². The Morgan fingerprint density at radius 2 is 1.71 bits per heavy atom. The van der Waals surface area contributed by atoms with E-state index in [0.717, 1.165) is 5.56 Å². The summed E-state index contributed by atoms with van der Waals surface area (Å²) in [6.07, 6.45) is 0. The molecule has 0 aliphatic heterocycles. The first-order valence-electron chi connectivity index (χ1n) is 6.28. The molecule has 1 amide bonds. The molecule has 0 aliphatic carbocycles. The van der Waals surface area contributed by atoms with Crippen LogP contribution >= 0.6 is 0 Å². The molecule has 0 saturated heterocycles. The number of hydrogen-bond acceptors (Lipinski definition) is 3. The monoisotopic (exact) mass is 288 g/mol. The number of amides is 1. The minimum Gasteiger partial charge on any atom is -0.346 e. The number of nitro groups is 1. The van der Waals surface area contributed by atoms with Crippen molar-refractivity contribution in [3.8, 4) is 0 Å². The molecular weight excluding hydrogens is 275 g/mol. The Hall–Kier alpha value is -2.76. The van der Waals surface area contributed by atoms with E-state index in [4.69, 9.17) is 0 Å². The van der Waals surface area contributed by atoms with E-state index < -0.39 is 4.92 Å². The van der Waals surface area contributed by atoms with Crippen molar-refractivity contribution in [1.29, 1.82) is 0 Å². The lowest BCUT2D eigenvalue weighted by Crippen LogP contribution is -2.26. The lowest BCUT2D eigenvalue weighted by atomic mass is 10.1. The van der Waals surface area contributed by atoms with Gasteiger partial charge in [-0.1, -0.05) is 12.1 Å². The van der Waals surface area contributed by atoms with Crippen molar-refractivity contribution in [2.75, 3.05) is 0 Å². The molecule has 2 rings (SSSR count). The Kier molecular flexibility index (Phi) is 4.27. The lowest BCUT2D eigenvalue weighted by molar-refractivity contribution is -0.384. The van der Waals surface area contributed by atoms with Gasteiger partial charge in [-0.25, -0.2) is 4.39 Å². The smallest absolute Gasteiger partial charge is 0.269 e. The van der Waals surface area contributed by atoms with Crippen LogP contribution < -0.4 is 5.32 Å². The van der Waals surface area contributed by atoms with Crippen molar-refractivity contribution < 1.29 is 14.1 Å². The molecule has 0 bridgehead atoms. The van der Waals surface area contributed by atoms with E-state index in [1.807, 2.05) is 0 Å². The summed E-state index contributed by atoms with van der Waals surface area (Å²) in [5.41, 5.74) is 1.03. The SMILES string of the molecule is CC(NC(=O)c1ccc([N+](=O)[O-])cc1)c1ccc(F)cc1. The van der Waals surface area contributed by atoms with Crippen LogP contribution in [0, 0.1) is 15.9 Å². The highest BCUT2D eigenvalue weighted by Gasteiger charge is 2.13. The molecule has 1 N–H and O–H groups in total. The summed E-state index contributed by atoms with van der Waals surface area (Å²) in [4.78, 5) is 22.0. The van der Waals surface area contributed by atoms with Crippen molar-refractivity contribution in [2.45, 2.75) is 13.0 Å². The van der Waals surface area contributed by atoms with Crippen LogP contribution in [0.4, 0.5) is 10.1 Å². The minimum atomic E-state index is -0.525. The van der Waals surface area contributed by atoms with Gasteiger partial charge in [-0.05, 0) is 36.8 Å². The maximum Gasteiger partial charge on any atom is 0.269 e. The number of hydrogen-bond donors (Lipinski definition) is 1. The highest BCUT2D eigenvalue weighted by Crippen LogP contribution is 2.15. The Morgan fingerprint density at radius 1 is 1.14 bits per heavy atom. The van der Waals surface area contributed by atoms with E-state index in [0.29, 0.717) is 5.56 Å². The molecular formula is C15H13FN2O3. The largest absolute Gasteiger partial charge is 0.346 e. The summed E-state index contributed by atoms with van der Waals surface area (Å²) in [5, 5.41) is 13.3. The van der Waals surface area contributed by atoms with Gasteiger partial charge in [-0.3, -0.25) is 14.9 Å². The highest BCUT2D eigenvalue weighted by atomic mass is 19.1. The van der Waals surface area contributed by atoms with E-state index in [2.05, 4.69) is 5.32 Å². The number of halogens is 1. The molecule has 0 heterocycles. The van der Waals surface area contributed by atoms with Gasteiger partial charge in [0.15, 0.2) is 0 Å². The van der Waals surface area contributed by atoms with Crippen LogP contribution in [0.25, 0.3) is 0 Å². The first-order valence-corrected chi connectivity index (χ1v) is 6.28. The molecule has 108 valence electrons. The fourth-order valence-electron chi connectivity index (χ4n) is 1.85. The zero-order valence-corrected chi connectivity index (χ0v) is 11.2. The predicted molar refractivity (Wildman–Crippen MR) is 75.4 cm³/mol. The topological polar surface area (TPSA) is 72.2 Å². The Morgan fingerprint density at radius 3 is 2.24 bits per heavy atom. The second kappa shape index (κ2) is 6.13. The molecule has 2 aromatic carbocycles. The summed E-state index contributed by atoms with van der Waals surface area (Å²) in [6, 6.07) is 10.9. The summed E-state index contributed by atoms with van der Waals surface area (Å²) in [5.74, 6) is -0.686. The molecule has 0 aliphatic rings. The molecule has 0 aromatic heterocycles. The molecule has 0 saturated carbocycles. The van der Waals surface area contributed by atoms with Gasteiger partial charge >= 0.3 is 0 Å². The molecule has 0 spiro atoms. The summed E-state index contributed by atoms with van der Waals surface area (Å²) >= 11 is 0. The molecule has 6 heteroatoms. The zero-order valence-electron chi connectivity index (χ0n) is 11.2. The molecule has 0 radical (unpaired) electrons. The maximum absolute atomic E-state index is 12.8. The second-order valence-electron chi connectivity index (χ2n) is 4.55. The Bertz CT molecular complexity index is 654. The van der Waals surface area contributed by atoms with Crippen molar-refractivity contribution >= 4 is 11.6 Å². The van der Waals surface area contributed by atoms with Crippen LogP contribution in [0.2, 0.25) is 0 Å². The van der Waals surface area contributed by atoms with Crippen molar-refractivity contribution in [3.63, 3.8) is 0 Å². The number of nitro benzene ring substituents is 1. The first kappa shape index (κ1) is 14.6. The number of nitrogens with one attached hydrogen (secondary N) is 1. The average molecular weight is 288 g/mol. The van der Waals surface area contributed by atoms with Crippen molar-refractivity contribution in [3.05, 3.63) is 75.6 Å². The van der Waals surface area contributed by atoms with E-state index in [1.54, 1.807) is 19.1 Å². The molecule has 21 heavy (non-hydrogen) atoms. The van der Waals surface area contributed by atoms with Gasteiger partial charge in [0.1, 0.15) is 5.82 Å². The summed E-state index contributed by atoms with van der Waals surface area (Å²) in [6.45, 7) is 1.77. The Labute approximate surface area is 120 Å². The third kappa shape index (κ3) is 3.62. The van der Waals surface area contributed by atoms with Gasteiger partial charge in [0.05, 0.1) is 11.0 Å². The maximum atomic E-state index is 12.8. The van der Waals surface area contributed by atoms with Gasteiger partial charge < -0.3 is 5.32 Å². The summed E-state index contributed by atoms with van der Waals surface area (Å²) < 4.78 is 12.8. The quantitative estimate of drug-likeness (QED) is 0.693. The van der Waals surface area contributed by atoms with Crippen LogP contribution in [0.5, 0.6) is 0 Å². The number of carbonyl (C=O) groups excluding carboxylic acids is 1. The van der Waals surface area contributed by atoms with Crippen molar-refractivity contribution in [2.24, 2.45) is 0 Å². The molecule has 1 unspecified atom stereocenters. The molecule has 5 nitrogen and oxygen atoms in total. The van der Waals surface area contributed by atoms with E-state index in [1.165, 1.54) is 36.4 Å². The van der Waals surface area contributed by atoms with E-state index in [-0.39, 0.29) is 23.5 Å². The molecule has 1 atom stereocenters. The number of rotatable bonds is 4. The van der Waals surface area contributed by atoms with Gasteiger partial charge in [-0.15, -0.1) is 0 Å². The van der Waals surface area contributed by atoms with Crippen molar-refractivity contribution in [1.82, 2.24) is 5.32 Å². The third-order valence-electron chi connectivity index (χ3n) is 3.06. The van der Waals surface area contributed by atoms with Gasteiger partial charge in [0.25, 0.3) is 11.6 Å². The zero-order chi connectivity index (χ0) is 15.4. The molecule has 2 aromatic rings. The van der Waals surface area contributed by atoms with Crippen LogP contribution in [0.3, 0.4) is 0 Å². The second-order valence-corrected chi connectivity index (χ2v) is 4.55. The number of non-ortho nitro benzene ring substituents is 1. The fourth-order valence-corrected chi connectivity index (χ4v) is 1.85. The number of benzene rings is 2. The van der Waals surface area contributed by atoms with E-state index in [9.17, 15) is 19.3 Å². The summed E-state index contributed by atoms with van der Waals surface area (Å²) in [7, 11) is 0. The lowest BCUT2D eigenvalue weighted by Gasteiger charge is -2.14. The standard InChI is InChI=1S/C15H13FN2O3/c1-10(11-2-6-13(16)7-3-11)17-15(19)12-4-8-14(9-5-12)18(20)21/h2-10H,1H3,(H,17,19). The third-order valence-corrected chi connectivity index (χ3v) is 3.06. The van der Waals surface area contributed by atoms with Gasteiger partial charge in [-0.2, -0.15) is 0 Å². The van der Waals surface area contributed by atoms with Crippen LogP contribution in [0.1, 0.15) is 28.9 Å². The van der Waals surface area contributed by atoms with Gasteiger partial charge in [0, 0.05) is 17.7 Å². The average Bonchev–Trinajstić information content (AvgIpc) is 2.47. The predicted octanol–water partition coefficient (Wildman–Crippen LogP) is 3.22. The van der Waals surface area contributed by atoms with E-state index >= 15 is 0 Å². The highest BCUT2D eigenvalue weighted by molar-refractivity contribution is 5.94. The van der Waals surface area contributed by atoms with Crippen LogP contribution in [0.15, 0.2) is 48.5 Å². The normalized spacial score (nSPS) is 11.7. The Balaban J connectivity index is 2.06. The fraction of sp³-hybridized carbons (Fsp3) is 0.133. The molecule has 0 fully saturated rings.